The van der Waals surface area contributed by atoms with Gasteiger partial charge in [-0.25, -0.2) is 9.97 Å². The zero-order valence-electron chi connectivity index (χ0n) is 22.2. The van der Waals surface area contributed by atoms with Crippen molar-refractivity contribution in [2.24, 2.45) is 0 Å². The molecule has 1 aliphatic rings. The minimum atomic E-state index is -0.790. The Morgan fingerprint density at radius 3 is 2.80 bits per heavy atom. The van der Waals surface area contributed by atoms with Crippen LogP contribution < -0.4 is 20.7 Å². The largest absolute Gasteiger partial charge is 0.497 e. The lowest BCUT2D eigenvalue weighted by Crippen LogP contribution is -2.46. The van der Waals surface area contributed by atoms with Crippen LogP contribution in [0.5, 0.6) is 5.75 Å². The van der Waals surface area contributed by atoms with Crippen LogP contribution >= 0.6 is 11.6 Å². The van der Waals surface area contributed by atoms with Crippen LogP contribution in [0.4, 0.5) is 5.95 Å². The Balaban J connectivity index is 1.52. The second kappa shape index (κ2) is 12.6. The van der Waals surface area contributed by atoms with Gasteiger partial charge < -0.3 is 36.1 Å². The highest BCUT2D eigenvalue weighted by Crippen LogP contribution is 2.32. The number of nitrogens with one attached hydrogen (secondary N) is 4. The first kappa shape index (κ1) is 28.5. The van der Waals surface area contributed by atoms with Gasteiger partial charge in [-0.15, -0.1) is 0 Å². The van der Waals surface area contributed by atoms with Crippen LogP contribution in [-0.2, 0) is 11.3 Å². The summed E-state index contributed by atoms with van der Waals surface area (Å²) in [6, 6.07) is 11.0. The minimum absolute atomic E-state index is 0.259. The van der Waals surface area contributed by atoms with E-state index in [1.165, 1.54) is 17.2 Å². The number of aliphatic hydroxyl groups excluding tert-OH is 1. The van der Waals surface area contributed by atoms with Gasteiger partial charge in [-0.1, -0.05) is 35.9 Å². The summed E-state index contributed by atoms with van der Waals surface area (Å²) >= 11 is 6.41. The van der Waals surface area contributed by atoms with Crippen LogP contribution in [0.3, 0.4) is 0 Å². The number of ether oxygens (including phenoxy) is 1. The standard InChI is InChI=1S/C28H30ClN7O4/c1-16(26(38)33-23(15-37)17-5-4-6-20(11-17)40-3)36-14-19-8-7-18(12-21(19)27(36)39)25-22(29)13-32-28(35-25)34-24(31-2)9-10-30/h4-13,16,23,30-31,37H,14-15H2,1-3H3,(H,33,38)(H,32,34,35)/b24-9+,30-10?/t16-,23-/m1/s1. The molecule has 5 N–H and O–H groups in total. The van der Waals surface area contributed by atoms with Crippen molar-refractivity contribution in [3.63, 3.8) is 0 Å². The first-order chi connectivity index (χ1) is 19.3. The summed E-state index contributed by atoms with van der Waals surface area (Å²) < 4.78 is 5.24. The van der Waals surface area contributed by atoms with E-state index in [1.807, 2.05) is 12.1 Å². The van der Waals surface area contributed by atoms with Crippen LogP contribution in [0.15, 0.2) is 60.6 Å². The first-order valence-electron chi connectivity index (χ1n) is 12.5. The Morgan fingerprint density at radius 2 is 2.10 bits per heavy atom. The van der Waals surface area contributed by atoms with Crippen LogP contribution in [0, 0.1) is 5.41 Å². The van der Waals surface area contributed by atoms with Gasteiger partial charge in [-0.3, -0.25) is 9.59 Å². The van der Waals surface area contributed by atoms with Gasteiger partial charge in [0.2, 0.25) is 11.9 Å². The molecule has 2 aromatic carbocycles. The Bertz CT molecular complexity index is 1460. The minimum Gasteiger partial charge on any atom is -0.497 e. The molecule has 0 bridgehead atoms. The third-order valence-corrected chi connectivity index (χ3v) is 6.84. The molecular formula is C28H30ClN7O4. The highest BCUT2D eigenvalue weighted by atomic mass is 35.5. The maximum atomic E-state index is 13.4. The highest BCUT2D eigenvalue weighted by Gasteiger charge is 2.35. The summed E-state index contributed by atoms with van der Waals surface area (Å²) in [5.41, 5.74) is 2.95. The van der Waals surface area contributed by atoms with Crippen molar-refractivity contribution in [1.29, 1.82) is 5.41 Å². The van der Waals surface area contributed by atoms with Crippen molar-refractivity contribution in [3.8, 4) is 17.0 Å². The molecule has 4 rings (SSSR count). The molecule has 208 valence electrons. The number of methoxy groups -OCH3 is 1. The average molecular weight is 564 g/mol. The fourth-order valence-electron chi connectivity index (χ4n) is 4.33. The lowest BCUT2D eigenvalue weighted by molar-refractivity contribution is -0.126. The van der Waals surface area contributed by atoms with Crippen LogP contribution in [0.25, 0.3) is 11.3 Å². The number of aliphatic hydroxyl groups is 1. The van der Waals surface area contributed by atoms with E-state index < -0.39 is 18.0 Å². The van der Waals surface area contributed by atoms with Gasteiger partial charge >= 0.3 is 0 Å². The summed E-state index contributed by atoms with van der Waals surface area (Å²) in [5, 5.41) is 26.2. The van der Waals surface area contributed by atoms with Gasteiger partial charge in [0.15, 0.2) is 0 Å². The zero-order valence-corrected chi connectivity index (χ0v) is 23.0. The van der Waals surface area contributed by atoms with Gasteiger partial charge in [0.05, 0.1) is 36.7 Å². The molecule has 0 aliphatic carbocycles. The van der Waals surface area contributed by atoms with Crippen molar-refractivity contribution in [2.45, 2.75) is 25.6 Å². The number of halogens is 1. The van der Waals surface area contributed by atoms with E-state index >= 15 is 0 Å². The Hall–Kier alpha value is -4.48. The lowest BCUT2D eigenvalue weighted by atomic mass is 10.0. The van der Waals surface area contributed by atoms with Gasteiger partial charge in [-0.05, 0) is 42.3 Å². The van der Waals surface area contributed by atoms with Crippen molar-refractivity contribution < 1.29 is 19.4 Å². The monoisotopic (exact) mass is 563 g/mol. The van der Waals surface area contributed by atoms with Crippen LogP contribution in [0.1, 0.15) is 34.5 Å². The number of hydrogen-bond acceptors (Lipinski definition) is 9. The molecule has 0 saturated heterocycles. The third-order valence-electron chi connectivity index (χ3n) is 6.57. The molecule has 2 heterocycles. The lowest BCUT2D eigenvalue weighted by Gasteiger charge is -2.26. The molecule has 40 heavy (non-hydrogen) atoms. The topological polar surface area (TPSA) is 153 Å². The second-order valence-corrected chi connectivity index (χ2v) is 9.42. The molecule has 1 aromatic heterocycles. The van der Waals surface area contributed by atoms with E-state index in [-0.39, 0.29) is 25.0 Å². The molecule has 2 atom stereocenters. The molecular weight excluding hydrogens is 534 g/mol. The van der Waals surface area contributed by atoms with Crippen molar-refractivity contribution in [1.82, 2.24) is 25.5 Å². The smallest absolute Gasteiger partial charge is 0.255 e. The fourth-order valence-corrected chi connectivity index (χ4v) is 4.53. The Morgan fingerprint density at radius 1 is 1.30 bits per heavy atom. The summed E-state index contributed by atoms with van der Waals surface area (Å²) in [5.74, 6) is 0.698. The van der Waals surface area contributed by atoms with E-state index in [9.17, 15) is 14.7 Å². The second-order valence-electron chi connectivity index (χ2n) is 9.01. The predicted octanol–water partition coefficient (Wildman–Crippen LogP) is 3.12. The molecule has 11 nitrogen and oxygen atoms in total. The van der Waals surface area contributed by atoms with Crippen molar-refractivity contribution in [2.75, 3.05) is 26.1 Å². The number of hydrogen-bond donors (Lipinski definition) is 5. The number of anilines is 1. The van der Waals surface area contributed by atoms with Gasteiger partial charge in [0, 0.05) is 30.9 Å². The van der Waals surface area contributed by atoms with E-state index in [1.54, 1.807) is 51.4 Å². The Kier molecular flexibility index (Phi) is 8.97. The molecule has 2 amide bonds. The molecule has 3 aromatic rings. The first-order valence-corrected chi connectivity index (χ1v) is 12.8. The number of amides is 2. The fraction of sp³-hybridized carbons (Fsp3) is 0.250. The number of nitrogens with zero attached hydrogens (tertiary/aromatic N) is 3. The number of aromatic nitrogens is 2. The Labute approximate surface area is 236 Å². The molecule has 0 unspecified atom stereocenters. The van der Waals surface area contributed by atoms with E-state index in [4.69, 9.17) is 21.7 Å². The SMILES string of the molecule is CN/C(=C\C=N)Nc1ncc(Cl)c(-c2ccc3c(c2)C(=O)N([C@H](C)C(=O)N[C@H](CO)c2cccc(OC)c2)C3)n1. The van der Waals surface area contributed by atoms with Crippen LogP contribution in [0.2, 0.25) is 5.02 Å². The summed E-state index contributed by atoms with van der Waals surface area (Å²) in [7, 11) is 3.24. The van der Waals surface area contributed by atoms with Crippen molar-refractivity contribution in [3.05, 3.63) is 82.3 Å². The summed E-state index contributed by atoms with van der Waals surface area (Å²) in [6.07, 6.45) is 4.09. The van der Waals surface area contributed by atoms with Crippen LogP contribution in [-0.4, -0.2) is 64.8 Å². The number of rotatable bonds is 11. The number of carbonyl (C=O) groups excluding carboxylic acids is 2. The van der Waals surface area contributed by atoms with Gasteiger partial charge in [0.25, 0.3) is 5.91 Å². The number of carbonyl (C=O) groups is 2. The van der Waals surface area contributed by atoms with E-state index in [0.29, 0.717) is 39.0 Å². The van der Waals surface area contributed by atoms with E-state index in [0.717, 1.165) is 11.8 Å². The quantitative estimate of drug-likeness (QED) is 0.223. The molecule has 12 heteroatoms. The summed E-state index contributed by atoms with van der Waals surface area (Å²) in [6.45, 7) is 1.60. The predicted molar refractivity (Wildman–Crippen MR) is 152 cm³/mol. The third kappa shape index (κ3) is 6.05. The number of fused-ring (bicyclic) bond motifs is 1. The highest BCUT2D eigenvalue weighted by molar-refractivity contribution is 6.33. The number of benzene rings is 2. The molecule has 0 spiro atoms. The number of allylic oxidation sites excluding steroid dienone is 1. The maximum Gasteiger partial charge on any atom is 0.255 e. The summed E-state index contributed by atoms with van der Waals surface area (Å²) in [4.78, 5) is 36.7. The average Bonchev–Trinajstić information content (AvgIpc) is 3.31. The molecule has 0 radical (unpaired) electrons. The normalized spacial score (nSPS) is 14.3. The molecule has 0 saturated carbocycles. The maximum absolute atomic E-state index is 13.4. The van der Waals surface area contributed by atoms with Gasteiger partial charge in [0.1, 0.15) is 17.6 Å². The molecule has 0 fully saturated rings. The van der Waals surface area contributed by atoms with Gasteiger partial charge in [-0.2, -0.15) is 0 Å². The molecule has 1 aliphatic heterocycles. The van der Waals surface area contributed by atoms with Crippen molar-refractivity contribution >= 4 is 35.6 Å². The zero-order chi connectivity index (χ0) is 28.8. The van der Waals surface area contributed by atoms with E-state index in [2.05, 4.69) is 25.9 Å².